The van der Waals surface area contributed by atoms with Crippen LogP contribution >= 0.6 is 0 Å². The van der Waals surface area contributed by atoms with E-state index in [9.17, 15) is 4.79 Å². The third-order valence-electron chi connectivity index (χ3n) is 5.29. The Hall–Kier alpha value is -4.33. The highest BCUT2D eigenvalue weighted by molar-refractivity contribution is 6.05. The number of carbonyl (C=O) groups excluding carboxylic acids is 1. The summed E-state index contributed by atoms with van der Waals surface area (Å²) in [6, 6.07) is 16.7. The molecule has 0 aliphatic carbocycles. The lowest BCUT2D eigenvalue weighted by atomic mass is 9.98. The largest absolute Gasteiger partial charge is 0.328 e. The van der Waals surface area contributed by atoms with Crippen molar-refractivity contribution in [3.05, 3.63) is 95.7 Å². The Morgan fingerprint density at radius 3 is 2.59 bits per heavy atom. The molecule has 2 N–H and O–H groups in total. The van der Waals surface area contributed by atoms with E-state index in [-0.39, 0.29) is 5.91 Å². The van der Waals surface area contributed by atoms with Crippen molar-refractivity contribution < 1.29 is 4.79 Å². The molecule has 1 aromatic carbocycles. The molecular formula is C24H21N7O. The number of amides is 1. The van der Waals surface area contributed by atoms with E-state index >= 15 is 0 Å². The highest BCUT2D eigenvalue weighted by atomic mass is 16.1. The van der Waals surface area contributed by atoms with Crippen molar-refractivity contribution in [1.29, 1.82) is 0 Å². The third-order valence-corrected chi connectivity index (χ3v) is 5.29. The van der Waals surface area contributed by atoms with E-state index in [2.05, 4.69) is 20.6 Å². The molecular weight excluding hydrogens is 402 g/mol. The van der Waals surface area contributed by atoms with Gasteiger partial charge in [-0.05, 0) is 38.1 Å². The van der Waals surface area contributed by atoms with Gasteiger partial charge in [0.1, 0.15) is 6.04 Å². The monoisotopic (exact) mass is 423 g/mol. The molecule has 8 heteroatoms. The van der Waals surface area contributed by atoms with Crippen LogP contribution in [0, 0.1) is 6.92 Å². The summed E-state index contributed by atoms with van der Waals surface area (Å²) in [6.07, 6.45) is 4.98. The van der Waals surface area contributed by atoms with Crippen molar-refractivity contribution in [3.63, 3.8) is 0 Å². The Bertz CT molecular complexity index is 1300. The molecule has 0 fully saturated rings. The number of nitrogens with zero attached hydrogens (tertiary/aromatic N) is 5. The molecule has 8 nitrogen and oxygen atoms in total. The molecule has 5 rings (SSSR count). The Balaban J connectivity index is 1.59. The van der Waals surface area contributed by atoms with Crippen LogP contribution in [0.2, 0.25) is 0 Å². The molecule has 1 aliphatic rings. The van der Waals surface area contributed by atoms with Gasteiger partial charge in [0.15, 0.2) is 5.82 Å². The van der Waals surface area contributed by atoms with Gasteiger partial charge < -0.3 is 10.6 Å². The molecule has 158 valence electrons. The maximum absolute atomic E-state index is 13.4. The Morgan fingerprint density at radius 2 is 1.88 bits per heavy atom. The van der Waals surface area contributed by atoms with Crippen LogP contribution in [-0.4, -0.2) is 30.6 Å². The first-order valence-corrected chi connectivity index (χ1v) is 10.2. The lowest BCUT2D eigenvalue weighted by Gasteiger charge is -2.27. The van der Waals surface area contributed by atoms with Gasteiger partial charge in [-0.25, -0.2) is 4.68 Å². The number of hydrogen-bond acceptors (Lipinski definition) is 6. The van der Waals surface area contributed by atoms with Crippen molar-refractivity contribution in [1.82, 2.24) is 24.7 Å². The zero-order valence-corrected chi connectivity index (χ0v) is 17.6. The van der Waals surface area contributed by atoms with Crippen LogP contribution in [-0.2, 0) is 4.79 Å². The SMILES string of the molecule is CC1=C(C(=O)Nc2cccnc2)C(c2ccccn2)n2nc(-c3ccc(C)cc3)nc2N1. The van der Waals surface area contributed by atoms with Gasteiger partial charge in [0.2, 0.25) is 5.95 Å². The molecule has 1 atom stereocenters. The van der Waals surface area contributed by atoms with Gasteiger partial charge in [-0.3, -0.25) is 14.8 Å². The maximum atomic E-state index is 13.4. The summed E-state index contributed by atoms with van der Waals surface area (Å²) in [5.41, 5.74) is 4.58. The van der Waals surface area contributed by atoms with Crippen LogP contribution in [0.1, 0.15) is 24.2 Å². The molecule has 0 spiro atoms. The lowest BCUT2D eigenvalue weighted by molar-refractivity contribution is -0.113. The van der Waals surface area contributed by atoms with Crippen molar-refractivity contribution in [2.75, 3.05) is 10.6 Å². The molecule has 1 aliphatic heterocycles. The minimum Gasteiger partial charge on any atom is -0.328 e. The minimum absolute atomic E-state index is 0.253. The molecule has 32 heavy (non-hydrogen) atoms. The topological polar surface area (TPSA) is 97.6 Å². The Labute approximate surface area is 185 Å². The molecule has 1 amide bonds. The van der Waals surface area contributed by atoms with Gasteiger partial charge in [-0.15, -0.1) is 5.10 Å². The molecule has 0 saturated carbocycles. The molecule has 0 saturated heterocycles. The van der Waals surface area contributed by atoms with Crippen LogP contribution in [0.15, 0.2) is 84.5 Å². The van der Waals surface area contributed by atoms with Crippen LogP contribution in [0.4, 0.5) is 11.6 Å². The molecule has 3 aromatic heterocycles. The van der Waals surface area contributed by atoms with Crippen molar-refractivity contribution in [2.45, 2.75) is 19.9 Å². The second-order valence-electron chi connectivity index (χ2n) is 7.59. The number of aryl methyl sites for hydroxylation is 1. The average molecular weight is 423 g/mol. The number of pyridine rings is 2. The summed E-state index contributed by atoms with van der Waals surface area (Å²) >= 11 is 0. The van der Waals surface area contributed by atoms with E-state index in [4.69, 9.17) is 10.1 Å². The van der Waals surface area contributed by atoms with Gasteiger partial charge in [-0.2, -0.15) is 4.98 Å². The minimum atomic E-state index is -0.532. The maximum Gasteiger partial charge on any atom is 0.255 e. The number of fused-ring (bicyclic) bond motifs is 1. The van der Waals surface area contributed by atoms with Crippen molar-refractivity contribution >= 4 is 17.5 Å². The van der Waals surface area contributed by atoms with Crippen molar-refractivity contribution in [3.8, 4) is 11.4 Å². The standard InChI is InChI=1S/C24H21N7O/c1-15-8-10-17(11-9-15)22-29-24-27-16(2)20(23(32)28-18-6-5-12-25-14-18)21(31(24)30-22)19-7-3-4-13-26-19/h3-14,21H,1-2H3,(H,28,32)(H,27,29,30). The number of aromatic nitrogens is 5. The van der Waals surface area contributed by atoms with E-state index in [0.717, 1.165) is 11.1 Å². The lowest BCUT2D eigenvalue weighted by Crippen LogP contribution is -2.32. The summed E-state index contributed by atoms with van der Waals surface area (Å²) in [6.45, 7) is 3.90. The fraction of sp³-hybridized carbons (Fsp3) is 0.125. The zero-order chi connectivity index (χ0) is 22.1. The quantitative estimate of drug-likeness (QED) is 0.515. The molecule has 4 heterocycles. The first kappa shape index (κ1) is 19.6. The molecule has 0 bridgehead atoms. The number of hydrogen-bond donors (Lipinski definition) is 2. The second-order valence-corrected chi connectivity index (χ2v) is 7.59. The average Bonchev–Trinajstić information content (AvgIpc) is 3.23. The highest BCUT2D eigenvalue weighted by Crippen LogP contribution is 2.36. The van der Waals surface area contributed by atoms with Gasteiger partial charge >= 0.3 is 0 Å². The summed E-state index contributed by atoms with van der Waals surface area (Å²) in [4.78, 5) is 26.6. The first-order chi connectivity index (χ1) is 15.6. The summed E-state index contributed by atoms with van der Waals surface area (Å²) in [5.74, 6) is 0.887. The molecule has 1 unspecified atom stereocenters. The van der Waals surface area contributed by atoms with E-state index in [0.29, 0.717) is 34.4 Å². The van der Waals surface area contributed by atoms with Crippen LogP contribution in [0.5, 0.6) is 0 Å². The number of rotatable bonds is 4. The van der Waals surface area contributed by atoms with Crippen molar-refractivity contribution in [2.24, 2.45) is 0 Å². The number of carbonyl (C=O) groups is 1. The smallest absolute Gasteiger partial charge is 0.255 e. The first-order valence-electron chi connectivity index (χ1n) is 10.2. The van der Waals surface area contributed by atoms with Crippen LogP contribution in [0.25, 0.3) is 11.4 Å². The van der Waals surface area contributed by atoms with Crippen LogP contribution < -0.4 is 10.6 Å². The van der Waals surface area contributed by atoms with E-state index in [1.807, 2.05) is 56.3 Å². The fourth-order valence-electron chi connectivity index (χ4n) is 3.72. The number of anilines is 2. The second kappa shape index (κ2) is 8.07. The summed E-state index contributed by atoms with van der Waals surface area (Å²) in [5, 5.41) is 10.9. The van der Waals surface area contributed by atoms with Gasteiger partial charge in [0.05, 0.1) is 23.2 Å². The fourth-order valence-corrected chi connectivity index (χ4v) is 3.72. The van der Waals surface area contributed by atoms with Gasteiger partial charge in [0, 0.05) is 23.7 Å². The Kier molecular flexibility index (Phi) is 4.95. The Morgan fingerprint density at radius 1 is 1.03 bits per heavy atom. The molecule has 0 radical (unpaired) electrons. The molecule has 4 aromatic rings. The summed E-state index contributed by atoms with van der Waals surface area (Å²) in [7, 11) is 0. The number of nitrogens with one attached hydrogen (secondary N) is 2. The van der Waals surface area contributed by atoms with Gasteiger partial charge in [-0.1, -0.05) is 35.9 Å². The third kappa shape index (κ3) is 3.62. The van der Waals surface area contributed by atoms with E-state index in [1.54, 1.807) is 35.4 Å². The predicted molar refractivity (Wildman–Crippen MR) is 122 cm³/mol. The van der Waals surface area contributed by atoms with Crippen LogP contribution in [0.3, 0.4) is 0 Å². The normalized spacial score (nSPS) is 15.1. The zero-order valence-electron chi connectivity index (χ0n) is 17.6. The number of benzene rings is 1. The van der Waals surface area contributed by atoms with E-state index in [1.165, 1.54) is 0 Å². The van der Waals surface area contributed by atoms with E-state index < -0.39 is 6.04 Å². The number of allylic oxidation sites excluding steroid dienone is 1. The highest BCUT2D eigenvalue weighted by Gasteiger charge is 2.35. The van der Waals surface area contributed by atoms with Gasteiger partial charge in [0.25, 0.3) is 5.91 Å². The predicted octanol–water partition coefficient (Wildman–Crippen LogP) is 3.97. The summed E-state index contributed by atoms with van der Waals surface area (Å²) < 4.78 is 1.72.